The highest BCUT2D eigenvalue weighted by atomic mass is 32.2. The van der Waals surface area contributed by atoms with E-state index in [-0.39, 0.29) is 17.1 Å². The van der Waals surface area contributed by atoms with Crippen LogP contribution >= 0.6 is 0 Å². The normalized spacial score (nSPS) is 28.2. The summed E-state index contributed by atoms with van der Waals surface area (Å²) in [4.78, 5) is 10.2. The van der Waals surface area contributed by atoms with Crippen LogP contribution in [0.25, 0.3) is 0 Å². The van der Waals surface area contributed by atoms with E-state index in [9.17, 15) is 22.9 Å². The van der Waals surface area contributed by atoms with E-state index < -0.39 is 36.6 Å². The highest BCUT2D eigenvalue weighted by molar-refractivity contribution is 7.94. The van der Waals surface area contributed by atoms with Gasteiger partial charge in [0.25, 0.3) is 5.69 Å². The summed E-state index contributed by atoms with van der Waals surface area (Å²) in [5, 5.41) is 21.6. The fourth-order valence-electron chi connectivity index (χ4n) is 2.97. The van der Waals surface area contributed by atoms with Gasteiger partial charge in [-0.05, 0) is 25.8 Å². The Balaban J connectivity index is 2.10. The molecule has 9 heteroatoms. The molecule has 1 aromatic rings. The van der Waals surface area contributed by atoms with Gasteiger partial charge in [-0.1, -0.05) is 0 Å². The van der Waals surface area contributed by atoms with Crippen molar-refractivity contribution in [1.29, 1.82) is 5.41 Å². The lowest BCUT2D eigenvalue weighted by atomic mass is 9.92. The van der Waals surface area contributed by atoms with Crippen molar-refractivity contribution in [3.05, 3.63) is 39.7 Å². The summed E-state index contributed by atoms with van der Waals surface area (Å²) in [7, 11) is -3.63. The van der Waals surface area contributed by atoms with Crippen molar-refractivity contribution in [3.63, 3.8) is 0 Å². The first-order valence-corrected chi connectivity index (χ1v) is 8.30. The van der Waals surface area contributed by atoms with E-state index in [2.05, 4.69) is 5.32 Å². The van der Waals surface area contributed by atoms with Crippen molar-refractivity contribution in [2.45, 2.75) is 30.1 Å². The minimum atomic E-state index is -3.63. The number of benzene rings is 1. The summed E-state index contributed by atoms with van der Waals surface area (Å²) in [6.45, 7) is 1.44. The molecular formula is C13H14FN3O4S. The summed E-state index contributed by atoms with van der Waals surface area (Å²) in [5.74, 6) is -1.30. The van der Waals surface area contributed by atoms with Gasteiger partial charge in [0.2, 0.25) is 0 Å². The fraction of sp³-hybridized carbons (Fsp3) is 0.462. The van der Waals surface area contributed by atoms with Crippen LogP contribution < -0.4 is 5.32 Å². The first kappa shape index (κ1) is 14.9. The minimum absolute atomic E-state index is 0.120. The molecule has 0 amide bonds. The van der Waals surface area contributed by atoms with Gasteiger partial charge in [-0.3, -0.25) is 15.5 Å². The molecule has 0 aromatic heterocycles. The predicted molar refractivity (Wildman–Crippen MR) is 77.0 cm³/mol. The molecule has 1 aliphatic carbocycles. The number of nitro groups is 1. The lowest BCUT2D eigenvalue weighted by Crippen LogP contribution is -2.61. The van der Waals surface area contributed by atoms with E-state index in [1.807, 2.05) is 0 Å². The second-order valence-corrected chi connectivity index (χ2v) is 8.31. The van der Waals surface area contributed by atoms with E-state index in [0.717, 1.165) is 18.2 Å². The number of amidine groups is 1. The van der Waals surface area contributed by atoms with Crippen LogP contribution in [0, 0.1) is 21.3 Å². The Hall–Kier alpha value is -2.03. The highest BCUT2D eigenvalue weighted by Crippen LogP contribution is 2.49. The van der Waals surface area contributed by atoms with Gasteiger partial charge < -0.3 is 5.32 Å². The first-order chi connectivity index (χ1) is 10.1. The molecular weight excluding hydrogens is 313 g/mol. The SMILES string of the molecule is C[C@@]1(c2cc([N+](=O)[O-])ccc2F)CS(=O)(=O)C2(CC2)C(=N)N1. The molecule has 1 saturated carbocycles. The van der Waals surface area contributed by atoms with Gasteiger partial charge in [0.1, 0.15) is 16.4 Å². The Bertz CT molecular complexity index is 804. The summed E-state index contributed by atoms with van der Waals surface area (Å²) in [6.07, 6.45) is 0.767. The van der Waals surface area contributed by atoms with Crippen LogP contribution in [0.15, 0.2) is 18.2 Å². The second-order valence-electron chi connectivity index (χ2n) is 6.01. The molecule has 0 radical (unpaired) electrons. The molecule has 0 unspecified atom stereocenters. The standard InChI is InChI=1S/C13H14FN3O4S/c1-12(9-6-8(17(18)19)2-3-10(9)14)7-22(20,21)13(4-5-13)11(15)16-12/h2-3,6H,4-5,7H2,1H3,(H2,15,16)/t12-/m0/s1. The van der Waals surface area contributed by atoms with Gasteiger partial charge in [-0.15, -0.1) is 0 Å². The molecule has 3 rings (SSSR count). The van der Waals surface area contributed by atoms with Crippen LogP contribution in [0.5, 0.6) is 0 Å². The highest BCUT2D eigenvalue weighted by Gasteiger charge is 2.63. The quantitative estimate of drug-likeness (QED) is 0.631. The molecule has 2 fully saturated rings. The monoisotopic (exact) mass is 327 g/mol. The maximum atomic E-state index is 14.1. The Morgan fingerprint density at radius 1 is 1.41 bits per heavy atom. The topological polar surface area (TPSA) is 113 Å². The van der Waals surface area contributed by atoms with Crippen LogP contribution in [0.1, 0.15) is 25.3 Å². The number of hydrogen-bond donors (Lipinski definition) is 2. The molecule has 1 saturated heterocycles. The number of nitrogens with one attached hydrogen (secondary N) is 2. The number of halogens is 1. The van der Waals surface area contributed by atoms with Crippen molar-refractivity contribution in [2.24, 2.45) is 0 Å². The average molecular weight is 327 g/mol. The number of nitrogens with zero attached hydrogens (tertiary/aromatic N) is 1. The van der Waals surface area contributed by atoms with Crippen molar-refractivity contribution in [2.75, 3.05) is 5.75 Å². The first-order valence-electron chi connectivity index (χ1n) is 6.65. The molecule has 7 nitrogen and oxygen atoms in total. The maximum Gasteiger partial charge on any atom is 0.269 e. The van der Waals surface area contributed by atoms with Crippen LogP contribution in [0.4, 0.5) is 10.1 Å². The molecule has 22 heavy (non-hydrogen) atoms. The maximum absolute atomic E-state index is 14.1. The summed E-state index contributed by atoms with van der Waals surface area (Å²) >= 11 is 0. The van der Waals surface area contributed by atoms with E-state index in [4.69, 9.17) is 5.41 Å². The molecule has 2 aliphatic rings. The van der Waals surface area contributed by atoms with Crippen LogP contribution in [-0.4, -0.2) is 29.7 Å². The zero-order valence-electron chi connectivity index (χ0n) is 11.7. The van der Waals surface area contributed by atoms with Gasteiger partial charge in [0, 0.05) is 17.7 Å². The summed E-state index contributed by atoms with van der Waals surface area (Å²) < 4.78 is 37.9. The number of rotatable bonds is 2. The zero-order chi connectivity index (χ0) is 16.3. The smallest absolute Gasteiger partial charge is 0.269 e. The van der Waals surface area contributed by atoms with Gasteiger partial charge in [0.15, 0.2) is 9.84 Å². The fourth-order valence-corrected chi connectivity index (χ4v) is 5.32. The van der Waals surface area contributed by atoms with Gasteiger partial charge in [-0.25, -0.2) is 12.8 Å². The van der Waals surface area contributed by atoms with Gasteiger partial charge in [-0.2, -0.15) is 0 Å². The number of non-ortho nitro benzene ring substituents is 1. The molecule has 0 bridgehead atoms. The van der Waals surface area contributed by atoms with E-state index in [0.29, 0.717) is 12.8 Å². The molecule has 2 N–H and O–H groups in total. The lowest BCUT2D eigenvalue weighted by Gasteiger charge is -2.40. The number of sulfone groups is 1. The lowest BCUT2D eigenvalue weighted by molar-refractivity contribution is -0.385. The van der Waals surface area contributed by atoms with Crippen molar-refractivity contribution in [1.82, 2.24) is 5.32 Å². The molecule has 1 aromatic carbocycles. The van der Waals surface area contributed by atoms with Crippen molar-refractivity contribution >= 4 is 21.4 Å². The van der Waals surface area contributed by atoms with Crippen LogP contribution in [0.3, 0.4) is 0 Å². The summed E-state index contributed by atoms with van der Waals surface area (Å²) in [5.41, 5.74) is -1.85. The number of nitro benzene ring substituents is 1. The van der Waals surface area contributed by atoms with Crippen molar-refractivity contribution in [3.8, 4) is 0 Å². The van der Waals surface area contributed by atoms with Gasteiger partial charge in [0.05, 0.1) is 16.2 Å². The molecule has 1 atom stereocenters. The Morgan fingerprint density at radius 3 is 2.55 bits per heavy atom. The molecule has 1 spiro atoms. The predicted octanol–water partition coefficient (Wildman–Crippen LogP) is 1.48. The molecule has 1 heterocycles. The summed E-state index contributed by atoms with van der Waals surface area (Å²) in [6, 6.07) is 2.99. The van der Waals surface area contributed by atoms with E-state index in [1.165, 1.54) is 6.92 Å². The molecule has 118 valence electrons. The largest absolute Gasteiger partial charge is 0.362 e. The number of hydrogen-bond acceptors (Lipinski definition) is 5. The van der Waals surface area contributed by atoms with Crippen LogP contribution in [-0.2, 0) is 15.4 Å². The minimum Gasteiger partial charge on any atom is -0.362 e. The Labute approximate surface area is 126 Å². The third-order valence-electron chi connectivity index (χ3n) is 4.39. The second kappa shape index (κ2) is 4.25. The van der Waals surface area contributed by atoms with E-state index in [1.54, 1.807) is 0 Å². The average Bonchev–Trinajstić information content (AvgIpc) is 3.18. The molecule has 1 aliphatic heterocycles. The Morgan fingerprint density at radius 2 is 2.05 bits per heavy atom. The van der Waals surface area contributed by atoms with Gasteiger partial charge >= 0.3 is 0 Å². The van der Waals surface area contributed by atoms with E-state index >= 15 is 0 Å². The Kier molecular flexibility index (Phi) is 2.88. The zero-order valence-corrected chi connectivity index (χ0v) is 12.5. The van der Waals surface area contributed by atoms with Crippen LogP contribution in [0.2, 0.25) is 0 Å². The third-order valence-corrected chi connectivity index (χ3v) is 7.15. The third kappa shape index (κ3) is 1.92. The van der Waals surface area contributed by atoms with Crippen molar-refractivity contribution < 1.29 is 17.7 Å².